The van der Waals surface area contributed by atoms with Gasteiger partial charge in [-0.05, 0) is 43.2 Å². The van der Waals surface area contributed by atoms with E-state index in [0.29, 0.717) is 24.9 Å². The number of carboxylic acid groups (broad SMARTS) is 1. The number of benzene rings is 1. The summed E-state index contributed by atoms with van der Waals surface area (Å²) in [6.07, 6.45) is 5.04. The van der Waals surface area contributed by atoms with Crippen molar-refractivity contribution in [1.29, 1.82) is 0 Å². The summed E-state index contributed by atoms with van der Waals surface area (Å²) in [5, 5.41) is 9.16. The van der Waals surface area contributed by atoms with Crippen LogP contribution in [0.3, 0.4) is 0 Å². The number of likely N-dealkylation sites (N-methyl/N-ethyl adjacent to an activating group) is 1. The Labute approximate surface area is 157 Å². The number of carboxylic acids is 1. The number of carbonyl (C=O) groups is 3. The molecule has 142 valence electrons. The number of likely N-dealkylation sites (tertiary alicyclic amines) is 1. The summed E-state index contributed by atoms with van der Waals surface area (Å²) >= 11 is 0. The molecular formula is C20H23N3O4. The predicted octanol–water partition coefficient (Wildman–Crippen LogP) is 1.87. The minimum absolute atomic E-state index is 0.0705. The molecule has 1 unspecified atom stereocenters. The fraction of sp³-hybridized carbons (Fsp3) is 0.350. The zero-order chi connectivity index (χ0) is 19.4. The Morgan fingerprint density at radius 2 is 1.93 bits per heavy atom. The van der Waals surface area contributed by atoms with E-state index in [1.54, 1.807) is 30.1 Å². The molecule has 1 aliphatic rings. The van der Waals surface area contributed by atoms with E-state index in [4.69, 9.17) is 5.11 Å². The summed E-state index contributed by atoms with van der Waals surface area (Å²) in [7, 11) is 1.58. The molecule has 7 heteroatoms. The van der Waals surface area contributed by atoms with E-state index in [0.717, 1.165) is 5.69 Å². The lowest BCUT2D eigenvalue weighted by atomic mass is 9.98. The number of carbonyl (C=O) groups excluding carboxylic acids is 2. The van der Waals surface area contributed by atoms with Crippen molar-refractivity contribution < 1.29 is 19.5 Å². The fourth-order valence-corrected chi connectivity index (χ4v) is 3.31. The van der Waals surface area contributed by atoms with Gasteiger partial charge in [0.25, 0.3) is 5.91 Å². The normalized spacial score (nSPS) is 16.8. The van der Waals surface area contributed by atoms with Gasteiger partial charge in [-0.2, -0.15) is 0 Å². The Morgan fingerprint density at radius 3 is 2.63 bits per heavy atom. The van der Waals surface area contributed by atoms with Crippen molar-refractivity contribution in [2.45, 2.75) is 12.8 Å². The van der Waals surface area contributed by atoms with Crippen LogP contribution in [0.4, 0.5) is 0 Å². The molecule has 1 N–H and O–H groups in total. The highest BCUT2D eigenvalue weighted by Crippen LogP contribution is 2.17. The van der Waals surface area contributed by atoms with Crippen LogP contribution in [0.1, 0.15) is 23.2 Å². The first kappa shape index (κ1) is 18.7. The zero-order valence-corrected chi connectivity index (χ0v) is 15.2. The van der Waals surface area contributed by atoms with Gasteiger partial charge in [0.15, 0.2) is 0 Å². The molecule has 3 rings (SSSR count). The Balaban J connectivity index is 1.64. The number of aromatic nitrogens is 1. The Kier molecular flexibility index (Phi) is 5.59. The van der Waals surface area contributed by atoms with Crippen LogP contribution in [-0.4, -0.2) is 63.9 Å². The van der Waals surface area contributed by atoms with Gasteiger partial charge in [0, 0.05) is 43.8 Å². The van der Waals surface area contributed by atoms with Crippen LogP contribution in [0.15, 0.2) is 48.8 Å². The van der Waals surface area contributed by atoms with Gasteiger partial charge in [0.05, 0.1) is 12.5 Å². The van der Waals surface area contributed by atoms with E-state index >= 15 is 0 Å². The Morgan fingerprint density at radius 1 is 1.19 bits per heavy atom. The molecule has 1 aromatic heterocycles. The van der Waals surface area contributed by atoms with Crippen LogP contribution in [0, 0.1) is 5.92 Å². The van der Waals surface area contributed by atoms with Crippen molar-refractivity contribution >= 4 is 17.8 Å². The first-order valence-electron chi connectivity index (χ1n) is 8.95. The largest absolute Gasteiger partial charge is 0.481 e. The number of nitrogens with zero attached hydrogens (tertiary/aromatic N) is 3. The van der Waals surface area contributed by atoms with Crippen molar-refractivity contribution in [1.82, 2.24) is 14.4 Å². The maximum absolute atomic E-state index is 12.7. The molecule has 0 bridgehead atoms. The van der Waals surface area contributed by atoms with E-state index in [2.05, 4.69) is 0 Å². The first-order valence-corrected chi connectivity index (χ1v) is 8.95. The fourth-order valence-electron chi connectivity index (χ4n) is 3.31. The van der Waals surface area contributed by atoms with Gasteiger partial charge in [0.2, 0.25) is 5.91 Å². The smallest absolute Gasteiger partial charge is 0.308 e. The summed E-state index contributed by atoms with van der Waals surface area (Å²) in [6.45, 7) is 0.673. The van der Waals surface area contributed by atoms with Crippen LogP contribution < -0.4 is 0 Å². The van der Waals surface area contributed by atoms with Crippen molar-refractivity contribution in [3.63, 3.8) is 0 Å². The van der Waals surface area contributed by atoms with Gasteiger partial charge < -0.3 is 19.5 Å². The molecule has 0 spiro atoms. The highest BCUT2D eigenvalue weighted by molar-refractivity contribution is 5.96. The van der Waals surface area contributed by atoms with Gasteiger partial charge in [-0.1, -0.05) is 6.07 Å². The van der Waals surface area contributed by atoms with E-state index in [1.807, 2.05) is 35.2 Å². The van der Waals surface area contributed by atoms with Crippen LogP contribution in [0.2, 0.25) is 0 Å². The molecule has 7 nitrogen and oxygen atoms in total. The lowest BCUT2D eigenvalue weighted by molar-refractivity contribution is -0.145. The molecule has 2 heterocycles. The zero-order valence-electron chi connectivity index (χ0n) is 15.2. The number of piperidine rings is 1. The SMILES string of the molecule is CN(CC(=O)N1CCCC(C(=O)O)C1)C(=O)c1cccc(-n2cccc2)c1. The highest BCUT2D eigenvalue weighted by atomic mass is 16.4. The van der Waals surface area contributed by atoms with Crippen LogP contribution in [-0.2, 0) is 9.59 Å². The second-order valence-electron chi connectivity index (χ2n) is 6.82. The molecule has 1 aliphatic heterocycles. The van der Waals surface area contributed by atoms with Crippen molar-refractivity contribution in [3.05, 3.63) is 54.4 Å². The summed E-state index contributed by atoms with van der Waals surface area (Å²) in [4.78, 5) is 39.3. The van der Waals surface area contributed by atoms with Gasteiger partial charge in [-0.25, -0.2) is 0 Å². The first-order chi connectivity index (χ1) is 13.0. The molecule has 2 amide bonds. The standard InChI is InChI=1S/C20H23N3O4/c1-21(14-18(24)23-11-5-7-16(13-23)20(26)27)19(25)15-6-4-8-17(12-15)22-9-2-3-10-22/h2-4,6,8-10,12,16H,5,7,11,13-14H2,1H3,(H,26,27). The topological polar surface area (TPSA) is 82.9 Å². The molecule has 1 atom stereocenters. The molecule has 27 heavy (non-hydrogen) atoms. The van der Waals surface area contributed by atoms with E-state index in [-0.39, 0.29) is 24.9 Å². The molecule has 1 saturated heterocycles. The maximum atomic E-state index is 12.7. The average molecular weight is 369 g/mol. The van der Waals surface area contributed by atoms with Gasteiger partial charge in [0.1, 0.15) is 0 Å². The molecule has 2 aromatic rings. The molecule has 0 radical (unpaired) electrons. The average Bonchev–Trinajstić information content (AvgIpc) is 3.22. The van der Waals surface area contributed by atoms with E-state index < -0.39 is 11.9 Å². The molecule has 0 saturated carbocycles. The third-order valence-corrected chi connectivity index (χ3v) is 4.84. The summed E-state index contributed by atoms with van der Waals surface area (Å²) < 4.78 is 1.90. The lowest BCUT2D eigenvalue weighted by Crippen LogP contribution is -2.46. The van der Waals surface area contributed by atoms with E-state index in [1.165, 1.54) is 4.90 Å². The Bertz CT molecular complexity index is 832. The van der Waals surface area contributed by atoms with Crippen LogP contribution in [0.5, 0.6) is 0 Å². The number of rotatable bonds is 5. The summed E-state index contributed by atoms with van der Waals surface area (Å²) in [5.74, 6) is -1.87. The van der Waals surface area contributed by atoms with Crippen molar-refractivity contribution in [2.75, 3.05) is 26.7 Å². The van der Waals surface area contributed by atoms with Crippen LogP contribution in [0.25, 0.3) is 5.69 Å². The van der Waals surface area contributed by atoms with Gasteiger partial charge in [-0.3, -0.25) is 14.4 Å². The minimum Gasteiger partial charge on any atom is -0.481 e. The third kappa shape index (κ3) is 4.36. The van der Waals surface area contributed by atoms with Gasteiger partial charge >= 0.3 is 5.97 Å². The second kappa shape index (κ2) is 8.07. The van der Waals surface area contributed by atoms with E-state index in [9.17, 15) is 14.4 Å². The number of hydrogen-bond donors (Lipinski definition) is 1. The summed E-state index contributed by atoms with van der Waals surface area (Å²) in [6, 6.07) is 11.0. The van der Waals surface area contributed by atoms with Gasteiger partial charge in [-0.15, -0.1) is 0 Å². The third-order valence-electron chi connectivity index (χ3n) is 4.84. The Hall–Kier alpha value is -3.09. The quantitative estimate of drug-likeness (QED) is 0.872. The predicted molar refractivity (Wildman–Crippen MR) is 99.7 cm³/mol. The number of amides is 2. The second-order valence-corrected chi connectivity index (χ2v) is 6.82. The minimum atomic E-state index is -0.876. The number of hydrogen-bond acceptors (Lipinski definition) is 3. The number of aliphatic carboxylic acids is 1. The van der Waals surface area contributed by atoms with Crippen molar-refractivity contribution in [3.8, 4) is 5.69 Å². The monoisotopic (exact) mass is 369 g/mol. The molecule has 0 aliphatic carbocycles. The molecular weight excluding hydrogens is 346 g/mol. The highest BCUT2D eigenvalue weighted by Gasteiger charge is 2.29. The molecule has 1 aromatic carbocycles. The molecule has 1 fully saturated rings. The van der Waals surface area contributed by atoms with Crippen LogP contribution >= 0.6 is 0 Å². The van der Waals surface area contributed by atoms with Crippen molar-refractivity contribution in [2.24, 2.45) is 5.92 Å². The summed E-state index contributed by atoms with van der Waals surface area (Å²) in [5.41, 5.74) is 1.37. The maximum Gasteiger partial charge on any atom is 0.308 e. The lowest BCUT2D eigenvalue weighted by Gasteiger charge is -2.32.